The summed E-state index contributed by atoms with van der Waals surface area (Å²) >= 11 is 0. The van der Waals surface area contributed by atoms with Crippen molar-refractivity contribution in [2.24, 2.45) is 0 Å². The highest BCUT2D eigenvalue weighted by molar-refractivity contribution is 5.76. The largest absolute Gasteiger partial charge is 0.493 e. The molecule has 0 spiro atoms. The second kappa shape index (κ2) is 9.62. The van der Waals surface area contributed by atoms with Gasteiger partial charge in [0.05, 0.1) is 19.8 Å². The molecule has 0 radical (unpaired) electrons. The van der Waals surface area contributed by atoms with Gasteiger partial charge in [0.25, 0.3) is 0 Å². The topological polar surface area (TPSA) is 87.4 Å². The Morgan fingerprint density at radius 2 is 2.10 bits per heavy atom. The lowest BCUT2D eigenvalue weighted by Gasteiger charge is -2.17. The van der Waals surface area contributed by atoms with Crippen molar-refractivity contribution in [3.63, 3.8) is 0 Å². The second-order valence-electron chi connectivity index (χ2n) is 7.37. The van der Waals surface area contributed by atoms with Gasteiger partial charge in [0.1, 0.15) is 12.4 Å². The standard InChI is InChI=1S/C21H30N4O4/c1-4-12-29-17-10-9-16(13-18(17)28-3)15(2)22-20(26)14-25-21(27)24-11-7-5-6-8-19(24)23-25/h9-10,13,15H,4-8,11-12,14H2,1-3H3,(H,22,26). The normalized spacial score (nSPS) is 14.6. The fraction of sp³-hybridized carbons (Fsp3) is 0.571. The number of aromatic nitrogens is 3. The lowest BCUT2D eigenvalue weighted by molar-refractivity contribution is -0.122. The van der Waals surface area contributed by atoms with Crippen molar-refractivity contribution in [3.05, 3.63) is 40.1 Å². The Morgan fingerprint density at radius 3 is 2.86 bits per heavy atom. The predicted octanol–water partition coefficient (Wildman–Crippen LogP) is 2.45. The zero-order valence-corrected chi connectivity index (χ0v) is 17.4. The van der Waals surface area contributed by atoms with Gasteiger partial charge in [-0.25, -0.2) is 9.48 Å². The maximum atomic E-state index is 12.5. The van der Waals surface area contributed by atoms with E-state index < -0.39 is 0 Å². The molecule has 1 aliphatic heterocycles. The van der Waals surface area contributed by atoms with E-state index in [1.165, 1.54) is 4.68 Å². The van der Waals surface area contributed by atoms with Crippen molar-refractivity contribution in [3.8, 4) is 11.5 Å². The van der Waals surface area contributed by atoms with Crippen LogP contribution in [-0.2, 0) is 24.3 Å². The zero-order chi connectivity index (χ0) is 20.8. The number of fused-ring (bicyclic) bond motifs is 1. The van der Waals surface area contributed by atoms with Gasteiger partial charge in [-0.15, -0.1) is 0 Å². The number of nitrogens with zero attached hydrogens (tertiary/aromatic N) is 3. The molecule has 0 saturated heterocycles. The molecule has 1 unspecified atom stereocenters. The highest BCUT2D eigenvalue weighted by Crippen LogP contribution is 2.30. The molecule has 0 bridgehead atoms. The number of carbonyl (C=O) groups excluding carboxylic acids is 1. The fourth-order valence-corrected chi connectivity index (χ4v) is 3.52. The number of carbonyl (C=O) groups is 1. The Morgan fingerprint density at radius 1 is 1.28 bits per heavy atom. The van der Waals surface area contributed by atoms with E-state index in [0.29, 0.717) is 24.7 Å². The van der Waals surface area contributed by atoms with Crippen molar-refractivity contribution in [1.29, 1.82) is 0 Å². The summed E-state index contributed by atoms with van der Waals surface area (Å²) < 4.78 is 14.1. The first-order chi connectivity index (χ1) is 14.0. The van der Waals surface area contributed by atoms with Gasteiger partial charge in [-0.1, -0.05) is 19.4 Å². The summed E-state index contributed by atoms with van der Waals surface area (Å²) in [5, 5.41) is 7.30. The van der Waals surface area contributed by atoms with E-state index in [4.69, 9.17) is 9.47 Å². The number of rotatable bonds is 8. The molecule has 1 aliphatic rings. The highest BCUT2D eigenvalue weighted by Gasteiger charge is 2.19. The molecular formula is C21H30N4O4. The molecule has 8 nitrogen and oxygen atoms in total. The van der Waals surface area contributed by atoms with Crippen molar-refractivity contribution in [2.75, 3.05) is 13.7 Å². The summed E-state index contributed by atoms with van der Waals surface area (Å²) in [4.78, 5) is 25.0. The monoisotopic (exact) mass is 402 g/mol. The first-order valence-corrected chi connectivity index (χ1v) is 10.3. The molecule has 0 saturated carbocycles. The molecular weight excluding hydrogens is 372 g/mol. The third kappa shape index (κ3) is 4.99. The van der Waals surface area contributed by atoms with Gasteiger partial charge >= 0.3 is 5.69 Å². The molecule has 0 fully saturated rings. The molecule has 2 heterocycles. The molecule has 2 aromatic rings. The number of hydrogen-bond donors (Lipinski definition) is 1. The van der Waals surface area contributed by atoms with Gasteiger partial charge < -0.3 is 14.8 Å². The van der Waals surface area contributed by atoms with Crippen LogP contribution in [0, 0.1) is 0 Å². The van der Waals surface area contributed by atoms with E-state index in [0.717, 1.165) is 43.5 Å². The SMILES string of the molecule is CCCOc1ccc(C(C)NC(=O)Cn2nc3n(c2=O)CCCCC3)cc1OC. The van der Waals surface area contributed by atoms with Crippen LogP contribution in [0.25, 0.3) is 0 Å². The van der Waals surface area contributed by atoms with Crippen LogP contribution in [0.1, 0.15) is 57.0 Å². The van der Waals surface area contributed by atoms with Crippen molar-refractivity contribution in [1.82, 2.24) is 19.7 Å². The molecule has 1 atom stereocenters. The number of benzene rings is 1. The molecule has 1 aromatic heterocycles. The van der Waals surface area contributed by atoms with E-state index in [-0.39, 0.29) is 24.2 Å². The van der Waals surface area contributed by atoms with Crippen LogP contribution in [0.15, 0.2) is 23.0 Å². The molecule has 1 N–H and O–H groups in total. The zero-order valence-electron chi connectivity index (χ0n) is 17.4. The van der Waals surface area contributed by atoms with E-state index in [1.54, 1.807) is 11.7 Å². The maximum absolute atomic E-state index is 12.5. The minimum atomic E-state index is -0.252. The lowest BCUT2D eigenvalue weighted by atomic mass is 10.1. The molecule has 3 rings (SSSR count). The Hall–Kier alpha value is -2.77. The first-order valence-electron chi connectivity index (χ1n) is 10.3. The van der Waals surface area contributed by atoms with E-state index in [9.17, 15) is 9.59 Å². The van der Waals surface area contributed by atoms with Gasteiger partial charge in [-0.05, 0) is 43.9 Å². The smallest absolute Gasteiger partial charge is 0.346 e. The third-order valence-corrected chi connectivity index (χ3v) is 5.10. The first kappa shape index (κ1) is 21.0. The molecule has 1 aromatic carbocycles. The van der Waals surface area contributed by atoms with Crippen LogP contribution in [0.2, 0.25) is 0 Å². The Bertz CT molecular complexity index is 903. The fourth-order valence-electron chi connectivity index (χ4n) is 3.52. The number of nitrogens with one attached hydrogen (secondary N) is 1. The summed E-state index contributed by atoms with van der Waals surface area (Å²) in [5.41, 5.74) is 0.691. The average Bonchev–Trinajstić information content (AvgIpc) is 2.87. The van der Waals surface area contributed by atoms with Gasteiger partial charge in [-0.3, -0.25) is 9.36 Å². The van der Waals surface area contributed by atoms with Crippen molar-refractivity contribution in [2.45, 2.75) is 65.1 Å². The summed E-state index contributed by atoms with van der Waals surface area (Å²) in [6.07, 6.45) is 4.80. The molecule has 0 aliphatic carbocycles. The van der Waals surface area contributed by atoms with Crippen LogP contribution >= 0.6 is 0 Å². The van der Waals surface area contributed by atoms with Crippen LogP contribution in [0.3, 0.4) is 0 Å². The number of methoxy groups -OCH3 is 1. The summed E-state index contributed by atoms with van der Waals surface area (Å²) in [7, 11) is 1.59. The van der Waals surface area contributed by atoms with Gasteiger partial charge in [0.15, 0.2) is 11.5 Å². The van der Waals surface area contributed by atoms with E-state index in [1.807, 2.05) is 32.0 Å². The van der Waals surface area contributed by atoms with Crippen LogP contribution in [0.5, 0.6) is 11.5 Å². The Labute approximate surface area is 170 Å². The van der Waals surface area contributed by atoms with Gasteiger partial charge in [-0.2, -0.15) is 5.10 Å². The number of amides is 1. The third-order valence-electron chi connectivity index (χ3n) is 5.10. The van der Waals surface area contributed by atoms with Crippen LogP contribution < -0.4 is 20.5 Å². The molecule has 8 heteroatoms. The van der Waals surface area contributed by atoms with E-state index in [2.05, 4.69) is 10.4 Å². The van der Waals surface area contributed by atoms with Crippen LogP contribution in [0.4, 0.5) is 0 Å². The average molecular weight is 402 g/mol. The Kier molecular flexibility index (Phi) is 6.95. The van der Waals surface area contributed by atoms with Gasteiger partial charge in [0, 0.05) is 13.0 Å². The predicted molar refractivity (Wildman–Crippen MR) is 109 cm³/mol. The van der Waals surface area contributed by atoms with Crippen molar-refractivity contribution >= 4 is 5.91 Å². The summed E-state index contributed by atoms with van der Waals surface area (Å²) in [6, 6.07) is 5.38. The van der Waals surface area contributed by atoms with Crippen molar-refractivity contribution < 1.29 is 14.3 Å². The number of aryl methyl sites for hydroxylation is 1. The van der Waals surface area contributed by atoms with Gasteiger partial charge in [0.2, 0.25) is 5.91 Å². The maximum Gasteiger partial charge on any atom is 0.346 e. The minimum Gasteiger partial charge on any atom is -0.493 e. The molecule has 158 valence electrons. The highest BCUT2D eigenvalue weighted by atomic mass is 16.5. The number of ether oxygens (including phenoxy) is 2. The quantitative estimate of drug-likeness (QED) is 0.733. The van der Waals surface area contributed by atoms with Crippen LogP contribution in [-0.4, -0.2) is 34.0 Å². The minimum absolute atomic E-state index is 0.0853. The molecule has 29 heavy (non-hydrogen) atoms. The molecule has 1 amide bonds. The van der Waals surface area contributed by atoms with E-state index >= 15 is 0 Å². The Balaban J connectivity index is 1.66. The summed E-state index contributed by atoms with van der Waals surface area (Å²) in [6.45, 7) is 5.15. The number of hydrogen-bond acceptors (Lipinski definition) is 5. The lowest BCUT2D eigenvalue weighted by Crippen LogP contribution is -2.35. The second-order valence-corrected chi connectivity index (χ2v) is 7.37. The summed E-state index contributed by atoms with van der Waals surface area (Å²) in [5.74, 6) is 1.84.